The van der Waals surface area contributed by atoms with E-state index in [0.717, 1.165) is 24.3 Å². The quantitative estimate of drug-likeness (QED) is 0.762. The summed E-state index contributed by atoms with van der Waals surface area (Å²) in [5, 5.41) is 10.5. The lowest BCUT2D eigenvalue weighted by Gasteiger charge is -2.31. The van der Waals surface area contributed by atoms with Crippen molar-refractivity contribution in [1.29, 1.82) is 0 Å². The zero-order chi connectivity index (χ0) is 12.7. The minimum Gasteiger partial charge on any atom is -0.396 e. The third kappa shape index (κ3) is 4.33. The minimum absolute atomic E-state index is 0.0285. The van der Waals surface area contributed by atoms with Crippen molar-refractivity contribution < 1.29 is 5.11 Å². The number of rotatable bonds is 7. The van der Waals surface area contributed by atoms with E-state index in [1.807, 2.05) is 18.2 Å². The first-order valence-electron chi connectivity index (χ1n) is 6.51. The number of aliphatic hydroxyl groups excluding tert-OH is 1. The summed E-state index contributed by atoms with van der Waals surface area (Å²) in [5.74, 6) is 0. The molecular weight excluding hydrogens is 232 g/mol. The van der Waals surface area contributed by atoms with Gasteiger partial charge in [0.25, 0.3) is 0 Å². The first-order valence-corrected chi connectivity index (χ1v) is 6.89. The molecule has 0 aromatic heterocycles. The first kappa shape index (κ1) is 14.5. The maximum absolute atomic E-state index is 9.70. The van der Waals surface area contributed by atoms with Gasteiger partial charge in [0.1, 0.15) is 0 Å². The molecule has 1 rings (SSSR count). The molecule has 0 aliphatic rings. The van der Waals surface area contributed by atoms with Crippen molar-refractivity contribution in [3.8, 4) is 0 Å². The molecule has 0 saturated carbocycles. The van der Waals surface area contributed by atoms with Crippen LogP contribution in [0.5, 0.6) is 0 Å². The highest BCUT2D eigenvalue weighted by molar-refractivity contribution is 6.30. The van der Waals surface area contributed by atoms with Crippen LogP contribution in [0, 0.1) is 5.41 Å². The Morgan fingerprint density at radius 1 is 1.29 bits per heavy atom. The van der Waals surface area contributed by atoms with Crippen LogP contribution in [0.15, 0.2) is 24.3 Å². The molecule has 0 aliphatic carbocycles. The summed E-state index contributed by atoms with van der Waals surface area (Å²) < 4.78 is 0. The second-order valence-electron chi connectivity index (χ2n) is 4.92. The minimum atomic E-state index is 0.0285. The third-order valence-electron chi connectivity index (χ3n) is 3.61. The molecule has 17 heavy (non-hydrogen) atoms. The Bertz CT molecular complexity index is 331. The lowest BCUT2D eigenvalue weighted by molar-refractivity contribution is 0.107. The van der Waals surface area contributed by atoms with Crippen LogP contribution in [0.2, 0.25) is 5.02 Å². The lowest BCUT2D eigenvalue weighted by atomic mass is 9.76. The van der Waals surface area contributed by atoms with Crippen LogP contribution in [-0.4, -0.2) is 11.7 Å². The first-order chi connectivity index (χ1) is 8.15. The third-order valence-corrected chi connectivity index (χ3v) is 3.85. The molecule has 0 spiro atoms. The van der Waals surface area contributed by atoms with Crippen molar-refractivity contribution >= 4 is 11.6 Å². The summed E-state index contributed by atoms with van der Waals surface area (Å²) in [7, 11) is 0. The van der Waals surface area contributed by atoms with Crippen molar-refractivity contribution in [3.63, 3.8) is 0 Å². The SMILES string of the molecule is CCCCC(CC)(CO)Cc1cccc(Cl)c1. The fourth-order valence-corrected chi connectivity index (χ4v) is 2.48. The van der Waals surface area contributed by atoms with Gasteiger partial charge in [-0.25, -0.2) is 0 Å². The van der Waals surface area contributed by atoms with Gasteiger partial charge in [-0.05, 0) is 42.4 Å². The summed E-state index contributed by atoms with van der Waals surface area (Å²) in [6, 6.07) is 7.98. The number of hydrogen-bond donors (Lipinski definition) is 1. The van der Waals surface area contributed by atoms with Crippen molar-refractivity contribution in [1.82, 2.24) is 0 Å². The smallest absolute Gasteiger partial charge is 0.0490 e. The molecule has 0 radical (unpaired) electrons. The summed E-state index contributed by atoms with van der Waals surface area (Å²) in [5.41, 5.74) is 1.25. The zero-order valence-electron chi connectivity index (χ0n) is 10.9. The van der Waals surface area contributed by atoms with Crippen LogP contribution < -0.4 is 0 Å². The van der Waals surface area contributed by atoms with Gasteiger partial charge in [0, 0.05) is 11.6 Å². The van der Waals surface area contributed by atoms with Crippen molar-refractivity contribution in [3.05, 3.63) is 34.9 Å². The van der Waals surface area contributed by atoms with Crippen LogP contribution in [0.3, 0.4) is 0 Å². The van der Waals surface area contributed by atoms with E-state index >= 15 is 0 Å². The van der Waals surface area contributed by atoms with Crippen LogP contribution in [-0.2, 0) is 6.42 Å². The normalized spacial score (nSPS) is 14.6. The van der Waals surface area contributed by atoms with Crippen molar-refractivity contribution in [2.45, 2.75) is 46.0 Å². The molecule has 1 aromatic carbocycles. The Morgan fingerprint density at radius 2 is 2.06 bits per heavy atom. The van der Waals surface area contributed by atoms with Crippen LogP contribution in [0.1, 0.15) is 45.1 Å². The highest BCUT2D eigenvalue weighted by atomic mass is 35.5. The Balaban J connectivity index is 2.78. The monoisotopic (exact) mass is 254 g/mol. The van der Waals surface area contributed by atoms with E-state index in [9.17, 15) is 5.11 Å². The maximum Gasteiger partial charge on any atom is 0.0490 e. The van der Waals surface area contributed by atoms with E-state index < -0.39 is 0 Å². The predicted molar refractivity (Wildman–Crippen MR) is 74.5 cm³/mol. The lowest BCUT2D eigenvalue weighted by Crippen LogP contribution is -2.27. The van der Waals surface area contributed by atoms with Gasteiger partial charge >= 0.3 is 0 Å². The molecule has 0 heterocycles. The Kier molecular flexibility index (Phi) is 6.01. The number of hydrogen-bond acceptors (Lipinski definition) is 1. The fourth-order valence-electron chi connectivity index (χ4n) is 2.27. The Hall–Kier alpha value is -0.530. The Morgan fingerprint density at radius 3 is 2.59 bits per heavy atom. The summed E-state index contributed by atoms with van der Waals surface area (Å²) >= 11 is 6.00. The molecule has 1 N–H and O–H groups in total. The van der Waals surface area contributed by atoms with Crippen LogP contribution in [0.4, 0.5) is 0 Å². The molecule has 0 fully saturated rings. The second-order valence-corrected chi connectivity index (χ2v) is 5.36. The molecule has 0 bridgehead atoms. The van der Waals surface area contributed by atoms with E-state index in [4.69, 9.17) is 11.6 Å². The number of benzene rings is 1. The van der Waals surface area contributed by atoms with E-state index in [2.05, 4.69) is 19.9 Å². The zero-order valence-corrected chi connectivity index (χ0v) is 11.6. The summed E-state index contributed by atoms with van der Waals surface area (Å²) in [6.07, 6.45) is 5.37. The average Bonchev–Trinajstić information content (AvgIpc) is 2.35. The molecule has 0 saturated heterocycles. The van der Waals surface area contributed by atoms with Gasteiger partial charge in [0.2, 0.25) is 0 Å². The Labute approximate surface area is 110 Å². The summed E-state index contributed by atoms with van der Waals surface area (Å²) in [4.78, 5) is 0. The topological polar surface area (TPSA) is 20.2 Å². The predicted octanol–water partition coefficient (Wildman–Crippen LogP) is 4.46. The molecule has 0 aliphatic heterocycles. The fraction of sp³-hybridized carbons (Fsp3) is 0.600. The van der Waals surface area contributed by atoms with Gasteiger partial charge < -0.3 is 5.11 Å². The van der Waals surface area contributed by atoms with Gasteiger partial charge in [-0.1, -0.05) is 50.4 Å². The second kappa shape index (κ2) is 7.03. The standard InChI is InChI=1S/C15H23ClO/c1-3-5-9-15(4-2,12-17)11-13-7-6-8-14(16)10-13/h6-8,10,17H,3-5,9,11-12H2,1-2H3. The molecule has 1 aromatic rings. The number of aliphatic hydroxyl groups is 1. The van der Waals surface area contributed by atoms with Gasteiger partial charge in [0.05, 0.1) is 0 Å². The molecule has 0 amide bonds. The highest BCUT2D eigenvalue weighted by Crippen LogP contribution is 2.33. The molecule has 1 unspecified atom stereocenters. The van der Waals surface area contributed by atoms with Crippen LogP contribution >= 0.6 is 11.6 Å². The molecular formula is C15H23ClO. The van der Waals surface area contributed by atoms with Crippen molar-refractivity contribution in [2.24, 2.45) is 5.41 Å². The van der Waals surface area contributed by atoms with Crippen molar-refractivity contribution in [2.75, 3.05) is 6.61 Å². The van der Waals surface area contributed by atoms with Gasteiger partial charge in [-0.3, -0.25) is 0 Å². The number of halogens is 1. The van der Waals surface area contributed by atoms with E-state index in [-0.39, 0.29) is 12.0 Å². The largest absolute Gasteiger partial charge is 0.396 e. The molecule has 1 nitrogen and oxygen atoms in total. The molecule has 1 atom stereocenters. The van der Waals surface area contributed by atoms with Gasteiger partial charge in [-0.15, -0.1) is 0 Å². The molecule has 96 valence electrons. The summed E-state index contributed by atoms with van der Waals surface area (Å²) in [6.45, 7) is 4.61. The molecule has 2 heteroatoms. The maximum atomic E-state index is 9.70. The van der Waals surface area contributed by atoms with E-state index in [1.54, 1.807) is 0 Å². The van der Waals surface area contributed by atoms with E-state index in [0.29, 0.717) is 0 Å². The van der Waals surface area contributed by atoms with Crippen LogP contribution in [0.25, 0.3) is 0 Å². The van der Waals surface area contributed by atoms with E-state index in [1.165, 1.54) is 18.4 Å². The van der Waals surface area contributed by atoms with Gasteiger partial charge in [-0.2, -0.15) is 0 Å². The van der Waals surface area contributed by atoms with Gasteiger partial charge in [0.15, 0.2) is 0 Å². The number of unbranched alkanes of at least 4 members (excludes halogenated alkanes) is 1. The average molecular weight is 255 g/mol. The highest BCUT2D eigenvalue weighted by Gasteiger charge is 2.27.